The molecular weight excluding hydrogens is 222 g/mol. The molecule has 0 unspecified atom stereocenters. The quantitative estimate of drug-likeness (QED) is 0.894. The van der Waals surface area contributed by atoms with Gasteiger partial charge in [-0.2, -0.15) is 0 Å². The molecule has 1 aromatic heterocycles. The average Bonchev–Trinajstić information content (AvgIpc) is 2.42. The Bertz CT molecular complexity index is 523. The van der Waals surface area contributed by atoms with E-state index in [4.69, 9.17) is 5.73 Å². The van der Waals surface area contributed by atoms with Crippen LogP contribution in [-0.2, 0) is 6.54 Å². The Morgan fingerprint density at radius 1 is 1.17 bits per heavy atom. The molecule has 2 rings (SSSR count). The number of para-hydroxylation sites is 1. The van der Waals surface area contributed by atoms with Crippen molar-refractivity contribution in [3.63, 3.8) is 0 Å². The van der Waals surface area contributed by atoms with Crippen LogP contribution in [0.4, 0.5) is 11.4 Å². The van der Waals surface area contributed by atoms with E-state index in [-0.39, 0.29) is 0 Å². The smallest absolute Gasteiger partial charge is 0.0487 e. The fourth-order valence-corrected chi connectivity index (χ4v) is 2.18. The highest BCUT2D eigenvalue weighted by Crippen LogP contribution is 2.29. The molecule has 94 valence electrons. The van der Waals surface area contributed by atoms with Crippen LogP contribution in [0.2, 0.25) is 0 Å². The Morgan fingerprint density at radius 3 is 2.61 bits per heavy atom. The van der Waals surface area contributed by atoms with E-state index in [1.54, 1.807) is 0 Å². The van der Waals surface area contributed by atoms with Gasteiger partial charge >= 0.3 is 0 Å². The van der Waals surface area contributed by atoms with Gasteiger partial charge in [-0.1, -0.05) is 18.2 Å². The van der Waals surface area contributed by atoms with E-state index in [9.17, 15) is 0 Å². The predicted octanol–water partition coefficient (Wildman–Crippen LogP) is 3.01. The monoisotopic (exact) mass is 241 g/mol. The van der Waals surface area contributed by atoms with E-state index in [1.807, 2.05) is 18.5 Å². The SMILES string of the molecule is CCN(c1ccccc1C)c1ccncc1CN. The average molecular weight is 241 g/mol. The maximum absolute atomic E-state index is 5.79. The zero-order chi connectivity index (χ0) is 13.0. The summed E-state index contributed by atoms with van der Waals surface area (Å²) in [5.41, 5.74) is 10.5. The third kappa shape index (κ3) is 2.36. The first kappa shape index (κ1) is 12.6. The Kier molecular flexibility index (Phi) is 3.95. The first-order valence-electron chi connectivity index (χ1n) is 6.24. The Labute approximate surface area is 108 Å². The molecule has 18 heavy (non-hydrogen) atoms. The highest BCUT2D eigenvalue weighted by molar-refractivity contribution is 5.68. The van der Waals surface area contributed by atoms with Crippen molar-refractivity contribution in [2.24, 2.45) is 5.73 Å². The van der Waals surface area contributed by atoms with Crippen molar-refractivity contribution >= 4 is 11.4 Å². The van der Waals surface area contributed by atoms with Crippen molar-refractivity contribution in [2.45, 2.75) is 20.4 Å². The first-order chi connectivity index (χ1) is 8.77. The predicted molar refractivity (Wildman–Crippen MR) is 76.0 cm³/mol. The van der Waals surface area contributed by atoms with Crippen molar-refractivity contribution in [1.29, 1.82) is 0 Å². The number of aryl methyl sites for hydroxylation is 1. The lowest BCUT2D eigenvalue weighted by Crippen LogP contribution is -2.19. The van der Waals surface area contributed by atoms with Gasteiger partial charge in [0.15, 0.2) is 0 Å². The second-order valence-corrected chi connectivity index (χ2v) is 4.24. The molecule has 3 nitrogen and oxygen atoms in total. The van der Waals surface area contributed by atoms with E-state index in [0.29, 0.717) is 6.54 Å². The lowest BCUT2D eigenvalue weighted by atomic mass is 10.1. The molecular formula is C15H19N3. The number of anilines is 2. The van der Waals surface area contributed by atoms with Crippen LogP contribution in [0.1, 0.15) is 18.1 Å². The van der Waals surface area contributed by atoms with Gasteiger partial charge in [0.2, 0.25) is 0 Å². The standard InChI is InChI=1S/C15H19N3/c1-3-18(14-7-5-4-6-12(14)2)15-8-9-17-11-13(15)10-16/h4-9,11H,3,10,16H2,1-2H3. The van der Waals surface area contributed by atoms with Crippen molar-refractivity contribution in [3.8, 4) is 0 Å². The number of rotatable bonds is 4. The zero-order valence-corrected chi connectivity index (χ0v) is 10.9. The van der Waals surface area contributed by atoms with Gasteiger partial charge in [-0.25, -0.2) is 0 Å². The molecule has 3 heteroatoms. The number of hydrogen-bond acceptors (Lipinski definition) is 3. The van der Waals surface area contributed by atoms with Gasteiger partial charge in [-0.05, 0) is 31.5 Å². The number of aromatic nitrogens is 1. The highest BCUT2D eigenvalue weighted by Gasteiger charge is 2.12. The van der Waals surface area contributed by atoms with Gasteiger partial charge < -0.3 is 10.6 Å². The maximum Gasteiger partial charge on any atom is 0.0487 e. The van der Waals surface area contributed by atoms with Crippen molar-refractivity contribution < 1.29 is 0 Å². The molecule has 1 heterocycles. The second kappa shape index (κ2) is 5.65. The van der Waals surface area contributed by atoms with Gasteiger partial charge in [0.1, 0.15) is 0 Å². The number of hydrogen-bond donors (Lipinski definition) is 1. The van der Waals surface area contributed by atoms with Gasteiger partial charge in [0.25, 0.3) is 0 Å². The molecule has 2 N–H and O–H groups in total. The lowest BCUT2D eigenvalue weighted by molar-refractivity contribution is 0.967. The molecule has 0 saturated heterocycles. The van der Waals surface area contributed by atoms with E-state index in [1.165, 1.54) is 11.3 Å². The number of nitrogens with zero attached hydrogens (tertiary/aromatic N) is 2. The Balaban J connectivity index is 2.49. The summed E-state index contributed by atoms with van der Waals surface area (Å²) >= 11 is 0. The molecule has 0 radical (unpaired) electrons. The third-order valence-electron chi connectivity index (χ3n) is 3.11. The van der Waals surface area contributed by atoms with Crippen LogP contribution in [0.5, 0.6) is 0 Å². The van der Waals surface area contributed by atoms with Crippen LogP contribution in [-0.4, -0.2) is 11.5 Å². The fourth-order valence-electron chi connectivity index (χ4n) is 2.18. The van der Waals surface area contributed by atoms with Crippen LogP contribution in [0.15, 0.2) is 42.7 Å². The van der Waals surface area contributed by atoms with Crippen LogP contribution in [0.25, 0.3) is 0 Å². The molecule has 0 bridgehead atoms. The number of nitrogens with two attached hydrogens (primary N) is 1. The summed E-state index contributed by atoms with van der Waals surface area (Å²) in [5, 5.41) is 0. The van der Waals surface area contributed by atoms with Crippen molar-refractivity contribution in [3.05, 3.63) is 53.9 Å². The van der Waals surface area contributed by atoms with Gasteiger partial charge in [0, 0.05) is 42.4 Å². The third-order valence-corrected chi connectivity index (χ3v) is 3.11. The number of benzene rings is 1. The second-order valence-electron chi connectivity index (χ2n) is 4.24. The summed E-state index contributed by atoms with van der Waals surface area (Å²) in [4.78, 5) is 6.42. The Morgan fingerprint density at radius 2 is 1.94 bits per heavy atom. The topological polar surface area (TPSA) is 42.2 Å². The summed E-state index contributed by atoms with van der Waals surface area (Å²) in [6.45, 7) is 5.68. The summed E-state index contributed by atoms with van der Waals surface area (Å²) in [5.74, 6) is 0. The normalized spacial score (nSPS) is 10.4. The summed E-state index contributed by atoms with van der Waals surface area (Å²) < 4.78 is 0. The molecule has 0 saturated carbocycles. The summed E-state index contributed by atoms with van der Waals surface area (Å²) in [7, 11) is 0. The molecule has 0 aliphatic rings. The van der Waals surface area contributed by atoms with Crippen molar-refractivity contribution in [1.82, 2.24) is 4.98 Å². The van der Waals surface area contributed by atoms with E-state index < -0.39 is 0 Å². The molecule has 0 aliphatic heterocycles. The molecule has 0 atom stereocenters. The summed E-state index contributed by atoms with van der Waals surface area (Å²) in [6.07, 6.45) is 3.66. The molecule has 0 spiro atoms. The van der Waals surface area contributed by atoms with Gasteiger partial charge in [-0.15, -0.1) is 0 Å². The van der Waals surface area contributed by atoms with E-state index in [2.05, 4.69) is 48.0 Å². The van der Waals surface area contributed by atoms with E-state index >= 15 is 0 Å². The fraction of sp³-hybridized carbons (Fsp3) is 0.267. The molecule has 2 aromatic rings. The summed E-state index contributed by atoms with van der Waals surface area (Å²) in [6, 6.07) is 10.4. The highest BCUT2D eigenvalue weighted by atomic mass is 15.1. The van der Waals surface area contributed by atoms with Crippen LogP contribution >= 0.6 is 0 Å². The van der Waals surface area contributed by atoms with Crippen LogP contribution in [0.3, 0.4) is 0 Å². The minimum absolute atomic E-state index is 0.506. The van der Waals surface area contributed by atoms with Crippen molar-refractivity contribution in [2.75, 3.05) is 11.4 Å². The zero-order valence-electron chi connectivity index (χ0n) is 10.9. The molecule has 0 aliphatic carbocycles. The van der Waals surface area contributed by atoms with E-state index in [0.717, 1.165) is 17.8 Å². The Hall–Kier alpha value is -1.87. The molecule has 1 aromatic carbocycles. The number of pyridine rings is 1. The largest absolute Gasteiger partial charge is 0.341 e. The van der Waals surface area contributed by atoms with Gasteiger partial charge in [-0.3, -0.25) is 4.98 Å². The first-order valence-corrected chi connectivity index (χ1v) is 6.24. The maximum atomic E-state index is 5.79. The van der Waals surface area contributed by atoms with Crippen LogP contribution in [0, 0.1) is 6.92 Å². The minimum Gasteiger partial charge on any atom is -0.341 e. The lowest BCUT2D eigenvalue weighted by Gasteiger charge is -2.26. The molecule has 0 fully saturated rings. The van der Waals surface area contributed by atoms with Crippen LogP contribution < -0.4 is 10.6 Å². The minimum atomic E-state index is 0.506. The molecule has 0 amide bonds. The van der Waals surface area contributed by atoms with Gasteiger partial charge in [0.05, 0.1) is 0 Å².